The highest BCUT2D eigenvalue weighted by molar-refractivity contribution is 6.11. The van der Waals surface area contributed by atoms with E-state index in [-0.39, 0.29) is 17.4 Å². The highest BCUT2D eigenvalue weighted by Crippen LogP contribution is 2.38. The van der Waals surface area contributed by atoms with Gasteiger partial charge >= 0.3 is 6.18 Å². The number of rotatable bonds is 4. The van der Waals surface area contributed by atoms with E-state index in [1.807, 2.05) is 30.0 Å². The minimum absolute atomic E-state index is 0.0199. The van der Waals surface area contributed by atoms with Gasteiger partial charge < -0.3 is 15.0 Å². The number of amidine groups is 1. The summed E-state index contributed by atoms with van der Waals surface area (Å²) in [7, 11) is 0. The maximum absolute atomic E-state index is 13.8. The maximum atomic E-state index is 13.8. The van der Waals surface area contributed by atoms with Crippen molar-refractivity contribution in [3.05, 3.63) is 70.8 Å². The van der Waals surface area contributed by atoms with Crippen LogP contribution in [0.2, 0.25) is 0 Å². The number of anilines is 2. The first-order chi connectivity index (χ1) is 16.9. The standard InChI is InChI=1S/C26H26F3N5O/c1-3-21-17-8-4-5-9-18(17)23(30-21)31-22-16(2)25(34-12-14-35-15-13-34)33-24(32-22)19-10-6-7-11-20(19)26(27,28)29/h4-11,21H,3,12-15H2,1-2H3,(H,30,31,32,33). The van der Waals surface area contributed by atoms with Crippen molar-refractivity contribution >= 4 is 17.5 Å². The van der Waals surface area contributed by atoms with Gasteiger partial charge in [-0.1, -0.05) is 49.4 Å². The summed E-state index contributed by atoms with van der Waals surface area (Å²) in [5.74, 6) is 1.72. The summed E-state index contributed by atoms with van der Waals surface area (Å²) < 4.78 is 47.0. The van der Waals surface area contributed by atoms with E-state index in [4.69, 9.17) is 9.73 Å². The van der Waals surface area contributed by atoms with E-state index in [0.717, 1.165) is 29.2 Å². The van der Waals surface area contributed by atoms with Gasteiger partial charge in [-0.15, -0.1) is 0 Å². The lowest BCUT2D eigenvalue weighted by atomic mass is 10.0. The molecule has 6 nitrogen and oxygen atoms in total. The molecule has 3 heterocycles. The molecule has 1 saturated heterocycles. The van der Waals surface area contributed by atoms with Crippen LogP contribution in [-0.4, -0.2) is 42.1 Å². The normalized spacial score (nSPS) is 17.8. The molecule has 2 aliphatic rings. The number of ether oxygens (including phenoxy) is 1. The van der Waals surface area contributed by atoms with Gasteiger partial charge in [0.05, 0.1) is 24.8 Å². The molecule has 0 aliphatic carbocycles. The van der Waals surface area contributed by atoms with Crippen LogP contribution in [0.5, 0.6) is 0 Å². The SMILES string of the molecule is CCC1N=C(Nc2nc(-c3ccccc3C(F)(F)F)nc(N3CCOCC3)c2C)c2ccccc21. The molecule has 5 rings (SSSR count). The lowest BCUT2D eigenvalue weighted by Gasteiger charge is -2.30. The molecule has 0 spiro atoms. The highest BCUT2D eigenvalue weighted by Gasteiger charge is 2.35. The topological polar surface area (TPSA) is 62.6 Å². The molecule has 1 N–H and O–H groups in total. The van der Waals surface area contributed by atoms with Gasteiger partial charge in [0, 0.05) is 29.8 Å². The molecule has 1 atom stereocenters. The van der Waals surface area contributed by atoms with E-state index >= 15 is 0 Å². The van der Waals surface area contributed by atoms with Crippen molar-refractivity contribution in [3.63, 3.8) is 0 Å². The number of hydrogen-bond donors (Lipinski definition) is 1. The van der Waals surface area contributed by atoms with Crippen molar-refractivity contribution in [3.8, 4) is 11.4 Å². The number of aliphatic imine (C=N–C) groups is 1. The fourth-order valence-electron chi connectivity index (χ4n) is 4.58. The zero-order valence-corrected chi connectivity index (χ0v) is 19.6. The Kier molecular flexibility index (Phi) is 6.19. The Morgan fingerprint density at radius 2 is 1.69 bits per heavy atom. The number of alkyl halides is 3. The summed E-state index contributed by atoms with van der Waals surface area (Å²) in [6, 6.07) is 13.4. The Hall–Kier alpha value is -3.46. The van der Waals surface area contributed by atoms with Crippen molar-refractivity contribution in [1.29, 1.82) is 0 Å². The van der Waals surface area contributed by atoms with Crippen LogP contribution in [0.3, 0.4) is 0 Å². The first-order valence-corrected chi connectivity index (χ1v) is 11.7. The third-order valence-corrected chi connectivity index (χ3v) is 6.39. The molecule has 35 heavy (non-hydrogen) atoms. The van der Waals surface area contributed by atoms with Crippen LogP contribution in [0, 0.1) is 6.92 Å². The Labute approximate surface area is 201 Å². The first kappa shape index (κ1) is 23.3. The molecular weight excluding hydrogens is 455 g/mol. The van der Waals surface area contributed by atoms with Crippen LogP contribution in [0.25, 0.3) is 11.4 Å². The molecule has 2 aliphatic heterocycles. The Bertz CT molecular complexity index is 1270. The monoisotopic (exact) mass is 481 g/mol. The van der Waals surface area contributed by atoms with Gasteiger partial charge in [0.25, 0.3) is 0 Å². The number of nitrogens with zero attached hydrogens (tertiary/aromatic N) is 4. The largest absolute Gasteiger partial charge is 0.417 e. The molecule has 0 saturated carbocycles. The third-order valence-electron chi connectivity index (χ3n) is 6.39. The summed E-state index contributed by atoms with van der Waals surface area (Å²) in [6.07, 6.45) is -3.69. The van der Waals surface area contributed by atoms with E-state index in [0.29, 0.717) is 43.8 Å². The van der Waals surface area contributed by atoms with E-state index < -0.39 is 11.7 Å². The molecule has 1 fully saturated rings. The van der Waals surface area contributed by atoms with E-state index in [1.54, 1.807) is 6.07 Å². The quantitative estimate of drug-likeness (QED) is 0.523. The zero-order chi connectivity index (χ0) is 24.6. The van der Waals surface area contributed by atoms with Gasteiger partial charge in [-0.3, -0.25) is 4.99 Å². The van der Waals surface area contributed by atoms with Gasteiger partial charge in [-0.25, -0.2) is 9.97 Å². The molecule has 0 bridgehead atoms. The van der Waals surface area contributed by atoms with Crippen LogP contribution in [0.1, 0.15) is 41.6 Å². The lowest BCUT2D eigenvalue weighted by molar-refractivity contribution is -0.137. The van der Waals surface area contributed by atoms with Gasteiger partial charge in [0.15, 0.2) is 5.82 Å². The molecule has 0 amide bonds. The second-order valence-corrected chi connectivity index (χ2v) is 8.60. The maximum Gasteiger partial charge on any atom is 0.417 e. The zero-order valence-electron chi connectivity index (χ0n) is 19.6. The number of fused-ring (bicyclic) bond motifs is 1. The van der Waals surface area contributed by atoms with Gasteiger partial charge in [-0.2, -0.15) is 13.2 Å². The molecule has 1 unspecified atom stereocenters. The molecule has 9 heteroatoms. The number of halogens is 3. The molecule has 0 radical (unpaired) electrons. The average molecular weight is 482 g/mol. The van der Waals surface area contributed by atoms with E-state index in [9.17, 15) is 13.2 Å². The van der Waals surface area contributed by atoms with Crippen LogP contribution in [0.15, 0.2) is 53.5 Å². The van der Waals surface area contributed by atoms with E-state index in [2.05, 4.69) is 28.3 Å². The van der Waals surface area contributed by atoms with Crippen molar-refractivity contribution in [1.82, 2.24) is 9.97 Å². The van der Waals surface area contributed by atoms with Crippen molar-refractivity contribution in [2.24, 2.45) is 4.99 Å². The Morgan fingerprint density at radius 1 is 1.00 bits per heavy atom. The van der Waals surface area contributed by atoms with E-state index in [1.165, 1.54) is 12.1 Å². The van der Waals surface area contributed by atoms with Gasteiger partial charge in [0.2, 0.25) is 0 Å². The molecule has 3 aromatic rings. The number of aromatic nitrogens is 2. The first-order valence-electron chi connectivity index (χ1n) is 11.7. The minimum atomic E-state index is -4.53. The molecular formula is C26H26F3N5O. The fourth-order valence-corrected chi connectivity index (χ4v) is 4.58. The van der Waals surface area contributed by atoms with Crippen molar-refractivity contribution in [2.45, 2.75) is 32.5 Å². The smallest absolute Gasteiger partial charge is 0.378 e. The number of benzene rings is 2. The van der Waals surface area contributed by atoms with Crippen LogP contribution >= 0.6 is 0 Å². The predicted molar refractivity (Wildman–Crippen MR) is 130 cm³/mol. The summed E-state index contributed by atoms with van der Waals surface area (Å²) in [5, 5.41) is 3.34. The number of nitrogens with one attached hydrogen (secondary N) is 1. The second kappa shape index (κ2) is 9.30. The summed E-state index contributed by atoms with van der Waals surface area (Å²) >= 11 is 0. The minimum Gasteiger partial charge on any atom is -0.378 e. The fraction of sp³-hybridized carbons (Fsp3) is 0.346. The van der Waals surface area contributed by atoms with Crippen LogP contribution in [0.4, 0.5) is 24.8 Å². The van der Waals surface area contributed by atoms with Gasteiger partial charge in [0.1, 0.15) is 17.5 Å². The highest BCUT2D eigenvalue weighted by atomic mass is 19.4. The van der Waals surface area contributed by atoms with Crippen molar-refractivity contribution < 1.29 is 17.9 Å². The Balaban J connectivity index is 1.63. The molecule has 1 aromatic heterocycles. The number of hydrogen-bond acceptors (Lipinski definition) is 6. The summed E-state index contributed by atoms with van der Waals surface area (Å²) in [6.45, 7) is 6.20. The van der Waals surface area contributed by atoms with Gasteiger partial charge in [-0.05, 0) is 25.0 Å². The molecule has 182 valence electrons. The average Bonchev–Trinajstić information content (AvgIpc) is 3.23. The molecule has 2 aromatic carbocycles. The van der Waals surface area contributed by atoms with Crippen LogP contribution in [-0.2, 0) is 10.9 Å². The predicted octanol–water partition coefficient (Wildman–Crippen LogP) is 5.63. The second-order valence-electron chi connectivity index (χ2n) is 8.60. The lowest BCUT2D eigenvalue weighted by Crippen LogP contribution is -2.37. The summed E-state index contributed by atoms with van der Waals surface area (Å²) in [4.78, 5) is 16.1. The van der Waals surface area contributed by atoms with Crippen LogP contribution < -0.4 is 10.2 Å². The van der Waals surface area contributed by atoms with Crippen molar-refractivity contribution in [2.75, 3.05) is 36.5 Å². The Morgan fingerprint density at radius 3 is 2.40 bits per heavy atom. The third kappa shape index (κ3) is 4.48. The number of morpholine rings is 1. The summed E-state index contributed by atoms with van der Waals surface area (Å²) in [5.41, 5.74) is 2.03.